The monoisotopic (exact) mass is 215 g/mol. The van der Waals surface area contributed by atoms with Crippen LogP contribution >= 0.6 is 15.9 Å². The Kier molecular flexibility index (Phi) is 2.88. The van der Waals surface area contributed by atoms with Gasteiger partial charge in [0.15, 0.2) is 0 Å². The topological polar surface area (TPSA) is 22.1 Å². The van der Waals surface area contributed by atoms with Gasteiger partial charge >= 0.3 is 0 Å². The summed E-state index contributed by atoms with van der Waals surface area (Å²) in [6.07, 6.45) is 1.74. The van der Waals surface area contributed by atoms with E-state index in [1.54, 1.807) is 13.3 Å². The molecule has 1 heterocycles. The van der Waals surface area contributed by atoms with E-state index >= 15 is 0 Å². The van der Waals surface area contributed by atoms with Crippen LogP contribution in [0.5, 0.6) is 5.75 Å². The predicted octanol–water partition coefficient (Wildman–Crippen LogP) is 2.29. The van der Waals surface area contributed by atoms with Crippen molar-refractivity contribution in [3.05, 3.63) is 23.5 Å². The summed E-state index contributed by atoms with van der Waals surface area (Å²) in [4.78, 5) is 4.16. The third-order valence-electron chi connectivity index (χ3n) is 1.48. The Morgan fingerprint density at radius 1 is 1.64 bits per heavy atom. The van der Waals surface area contributed by atoms with Crippen LogP contribution in [-0.4, -0.2) is 12.1 Å². The minimum atomic E-state index is 0.790. The molecule has 0 unspecified atom stereocenters. The molecule has 1 aromatic heterocycles. The summed E-state index contributed by atoms with van der Waals surface area (Å²) >= 11 is 3.33. The molecule has 0 aliphatic carbocycles. The molecule has 0 atom stereocenters. The summed E-state index contributed by atoms with van der Waals surface area (Å²) in [6, 6.07) is 2.01. The number of aromatic nitrogens is 1. The maximum atomic E-state index is 5.07. The molecule has 60 valence electrons. The lowest BCUT2D eigenvalue weighted by atomic mass is 10.2. The molecule has 3 heteroatoms. The second-order valence-corrected chi connectivity index (χ2v) is 2.84. The van der Waals surface area contributed by atoms with E-state index in [9.17, 15) is 0 Å². The van der Waals surface area contributed by atoms with Crippen molar-refractivity contribution < 1.29 is 4.74 Å². The van der Waals surface area contributed by atoms with Gasteiger partial charge in [-0.2, -0.15) is 0 Å². The van der Waals surface area contributed by atoms with Gasteiger partial charge in [0.25, 0.3) is 0 Å². The van der Waals surface area contributed by atoms with Crippen molar-refractivity contribution in [2.24, 2.45) is 0 Å². The van der Waals surface area contributed by atoms with Crippen molar-refractivity contribution in [3.63, 3.8) is 0 Å². The summed E-state index contributed by atoms with van der Waals surface area (Å²) in [5.74, 6) is 0.842. The zero-order valence-electron chi connectivity index (χ0n) is 6.60. The molecule has 0 radical (unpaired) electrons. The lowest BCUT2D eigenvalue weighted by Crippen LogP contribution is -1.91. The minimum absolute atomic E-state index is 0.790. The first-order valence-corrected chi connectivity index (χ1v) is 4.45. The van der Waals surface area contributed by atoms with Gasteiger partial charge in [-0.1, -0.05) is 15.9 Å². The number of methoxy groups -OCH3 is 1. The molecule has 11 heavy (non-hydrogen) atoms. The van der Waals surface area contributed by atoms with Crippen LogP contribution in [0.3, 0.4) is 0 Å². The molecule has 0 spiro atoms. The van der Waals surface area contributed by atoms with E-state index in [0.29, 0.717) is 0 Å². The fourth-order valence-corrected chi connectivity index (χ4v) is 1.20. The van der Waals surface area contributed by atoms with Crippen molar-refractivity contribution in [1.29, 1.82) is 0 Å². The van der Waals surface area contributed by atoms with Gasteiger partial charge in [0.1, 0.15) is 5.75 Å². The first kappa shape index (κ1) is 8.53. The Labute approximate surface area is 74.7 Å². The van der Waals surface area contributed by atoms with Crippen molar-refractivity contribution in [2.75, 3.05) is 7.11 Å². The van der Waals surface area contributed by atoms with Crippen LogP contribution in [0.15, 0.2) is 12.3 Å². The van der Waals surface area contributed by atoms with Crippen molar-refractivity contribution in [3.8, 4) is 5.75 Å². The third kappa shape index (κ3) is 1.93. The molecule has 0 aliphatic rings. The highest BCUT2D eigenvalue weighted by molar-refractivity contribution is 9.08. The molecule has 0 saturated carbocycles. The van der Waals surface area contributed by atoms with Gasteiger partial charge < -0.3 is 4.74 Å². The minimum Gasteiger partial charge on any atom is -0.495 e. The molecule has 0 saturated heterocycles. The van der Waals surface area contributed by atoms with Crippen molar-refractivity contribution in [1.82, 2.24) is 4.98 Å². The van der Waals surface area contributed by atoms with Crippen molar-refractivity contribution >= 4 is 15.9 Å². The zero-order chi connectivity index (χ0) is 8.27. The fourth-order valence-electron chi connectivity index (χ4n) is 0.888. The fraction of sp³-hybridized carbons (Fsp3) is 0.375. The van der Waals surface area contributed by atoms with Gasteiger partial charge in [0, 0.05) is 5.33 Å². The Bertz CT molecular complexity index is 250. The quantitative estimate of drug-likeness (QED) is 0.707. The third-order valence-corrected chi connectivity index (χ3v) is 2.05. The van der Waals surface area contributed by atoms with Gasteiger partial charge in [-0.15, -0.1) is 0 Å². The second-order valence-electron chi connectivity index (χ2n) is 2.28. The van der Waals surface area contributed by atoms with E-state index in [1.165, 1.54) is 0 Å². The summed E-state index contributed by atoms with van der Waals surface area (Å²) in [7, 11) is 1.65. The molecule has 0 aliphatic heterocycles. The second kappa shape index (κ2) is 3.72. The van der Waals surface area contributed by atoms with Crippen LogP contribution < -0.4 is 4.74 Å². The van der Waals surface area contributed by atoms with Gasteiger partial charge in [0.2, 0.25) is 0 Å². The zero-order valence-corrected chi connectivity index (χ0v) is 8.18. The molecule has 2 nitrogen and oxygen atoms in total. The molecule has 1 rings (SSSR count). The van der Waals surface area contributed by atoms with Crippen LogP contribution in [0.1, 0.15) is 11.3 Å². The van der Waals surface area contributed by atoms with Crippen LogP contribution in [0, 0.1) is 6.92 Å². The number of nitrogens with zero attached hydrogens (tertiary/aromatic N) is 1. The molecule has 0 amide bonds. The van der Waals surface area contributed by atoms with Gasteiger partial charge in [0.05, 0.1) is 19.0 Å². The first-order valence-electron chi connectivity index (χ1n) is 3.33. The normalized spacial score (nSPS) is 9.73. The van der Waals surface area contributed by atoms with E-state index in [1.807, 2.05) is 13.0 Å². The number of ether oxygens (including phenoxy) is 1. The number of alkyl halides is 1. The summed E-state index contributed by atoms with van der Waals surface area (Å²) in [6.45, 7) is 2.01. The number of pyridine rings is 1. The summed E-state index contributed by atoms with van der Waals surface area (Å²) in [5.41, 5.74) is 2.15. The Morgan fingerprint density at radius 2 is 2.36 bits per heavy atom. The van der Waals surface area contributed by atoms with Crippen LogP contribution in [-0.2, 0) is 5.33 Å². The van der Waals surface area contributed by atoms with Gasteiger partial charge in [-0.25, -0.2) is 0 Å². The SMILES string of the molecule is COc1cnc(CBr)cc1C. The molecular weight excluding hydrogens is 206 g/mol. The lowest BCUT2D eigenvalue weighted by molar-refractivity contribution is 0.409. The highest BCUT2D eigenvalue weighted by atomic mass is 79.9. The predicted molar refractivity (Wildman–Crippen MR) is 48.2 cm³/mol. The molecule has 0 N–H and O–H groups in total. The van der Waals surface area contributed by atoms with Crippen LogP contribution in [0.25, 0.3) is 0 Å². The number of hydrogen-bond acceptors (Lipinski definition) is 2. The van der Waals surface area contributed by atoms with E-state index in [2.05, 4.69) is 20.9 Å². The highest BCUT2D eigenvalue weighted by Gasteiger charge is 1.98. The highest BCUT2D eigenvalue weighted by Crippen LogP contribution is 2.16. The number of halogens is 1. The van der Waals surface area contributed by atoms with E-state index in [-0.39, 0.29) is 0 Å². The van der Waals surface area contributed by atoms with Gasteiger partial charge in [-0.3, -0.25) is 4.98 Å². The smallest absolute Gasteiger partial charge is 0.140 e. The van der Waals surface area contributed by atoms with Crippen LogP contribution in [0.2, 0.25) is 0 Å². The standard InChI is InChI=1S/C8H10BrNO/c1-6-3-7(4-9)10-5-8(6)11-2/h3,5H,4H2,1-2H3. The lowest BCUT2D eigenvalue weighted by Gasteiger charge is -2.03. The average Bonchev–Trinajstić information content (AvgIpc) is 2.04. The largest absolute Gasteiger partial charge is 0.495 e. The first-order chi connectivity index (χ1) is 5.27. The van der Waals surface area contributed by atoms with Crippen LogP contribution in [0.4, 0.5) is 0 Å². The Morgan fingerprint density at radius 3 is 2.82 bits per heavy atom. The summed E-state index contributed by atoms with van der Waals surface area (Å²) < 4.78 is 5.07. The summed E-state index contributed by atoms with van der Waals surface area (Å²) in [5, 5.41) is 0.790. The van der Waals surface area contributed by atoms with Gasteiger partial charge in [-0.05, 0) is 18.6 Å². The Balaban J connectivity index is 2.99. The maximum Gasteiger partial charge on any atom is 0.140 e. The number of aryl methyl sites for hydroxylation is 1. The number of rotatable bonds is 2. The number of hydrogen-bond donors (Lipinski definition) is 0. The molecule has 0 fully saturated rings. The molecular formula is C8H10BrNO. The van der Waals surface area contributed by atoms with E-state index in [4.69, 9.17) is 4.74 Å². The van der Waals surface area contributed by atoms with E-state index < -0.39 is 0 Å². The molecule has 1 aromatic rings. The average molecular weight is 216 g/mol. The Hall–Kier alpha value is -0.570. The molecule has 0 aromatic carbocycles. The maximum absolute atomic E-state index is 5.07. The van der Waals surface area contributed by atoms with E-state index in [0.717, 1.165) is 22.3 Å². The van der Waals surface area contributed by atoms with Crippen molar-refractivity contribution in [2.45, 2.75) is 12.3 Å². The molecule has 0 bridgehead atoms.